The summed E-state index contributed by atoms with van der Waals surface area (Å²) in [6.07, 6.45) is 2.60. The van der Waals surface area contributed by atoms with Gasteiger partial charge in [-0.3, -0.25) is 4.79 Å². The number of benzene rings is 1. The fraction of sp³-hybridized carbons (Fsp3) is 0.667. The van der Waals surface area contributed by atoms with Crippen LogP contribution in [0.3, 0.4) is 0 Å². The summed E-state index contributed by atoms with van der Waals surface area (Å²) in [5.41, 5.74) is -0.184. The summed E-state index contributed by atoms with van der Waals surface area (Å²) in [7, 11) is 3.19. The number of carbonyl (C=O) groups is 3. The molecule has 0 N–H and O–H groups in total. The molecule has 2 amide bonds. The van der Waals surface area contributed by atoms with Crippen molar-refractivity contribution < 1.29 is 33.3 Å². The molecule has 9 heteroatoms. The number of nitrogens with zero attached hydrogens (tertiary/aromatic N) is 2. The molecule has 2 rings (SSSR count). The van der Waals surface area contributed by atoms with Gasteiger partial charge >= 0.3 is 6.09 Å². The van der Waals surface area contributed by atoms with Crippen LogP contribution < -0.4 is 9.47 Å². The molecule has 0 saturated carbocycles. The molecule has 2 atom stereocenters. The van der Waals surface area contributed by atoms with E-state index in [9.17, 15) is 14.4 Å². The van der Waals surface area contributed by atoms with E-state index in [4.69, 9.17) is 18.9 Å². The van der Waals surface area contributed by atoms with E-state index in [2.05, 4.69) is 0 Å². The van der Waals surface area contributed by atoms with Gasteiger partial charge in [-0.05, 0) is 65.7 Å². The van der Waals surface area contributed by atoms with Crippen molar-refractivity contribution in [2.75, 3.05) is 34.0 Å². The number of methoxy groups -OCH3 is 2. The van der Waals surface area contributed by atoms with Gasteiger partial charge in [0.05, 0.1) is 19.8 Å². The molecule has 1 aliphatic rings. The van der Waals surface area contributed by atoms with Crippen LogP contribution in [0.15, 0.2) is 18.2 Å². The van der Waals surface area contributed by atoms with Gasteiger partial charge in [-0.25, -0.2) is 4.79 Å². The zero-order valence-corrected chi connectivity index (χ0v) is 22.7. The highest BCUT2D eigenvalue weighted by Crippen LogP contribution is 2.31. The molecule has 1 saturated heterocycles. The molecule has 0 bridgehead atoms. The predicted octanol–water partition coefficient (Wildman–Crippen LogP) is 4.32. The Kier molecular flexibility index (Phi) is 11.0. The zero-order chi connectivity index (χ0) is 26.9. The minimum Gasteiger partial charge on any atom is -0.493 e. The smallest absolute Gasteiger partial charge is 0.410 e. The number of likely N-dealkylation sites (tertiary alicyclic amines) is 1. The fourth-order valence-electron chi connectivity index (χ4n) is 4.41. The maximum Gasteiger partial charge on any atom is 0.410 e. The number of ether oxygens (including phenoxy) is 4. The standard InChI is InChI=1S/C27H42N2O7/c1-19(2)29(22-11-10-21(13-14-30)28(18-22)26(32)36-27(3,4)5)25(31)20-9-12-23(34-7)24(17-20)35-16-8-15-33-6/h9,12,14,17,19,21-22H,8,10-11,13,15-16,18H2,1-7H3/t21-,22-/m1/s1. The number of amides is 2. The fourth-order valence-corrected chi connectivity index (χ4v) is 4.41. The van der Waals surface area contributed by atoms with Crippen LogP contribution in [-0.4, -0.2) is 85.8 Å². The van der Waals surface area contributed by atoms with E-state index in [1.807, 2.05) is 39.5 Å². The van der Waals surface area contributed by atoms with Crippen LogP contribution in [0.4, 0.5) is 4.79 Å². The van der Waals surface area contributed by atoms with E-state index in [-0.39, 0.29) is 30.5 Å². The number of aldehydes is 1. The number of hydrogen-bond acceptors (Lipinski definition) is 7. The lowest BCUT2D eigenvalue weighted by Gasteiger charge is -2.44. The molecule has 0 aromatic heterocycles. The zero-order valence-electron chi connectivity index (χ0n) is 22.7. The van der Waals surface area contributed by atoms with Gasteiger partial charge in [-0.2, -0.15) is 0 Å². The van der Waals surface area contributed by atoms with E-state index in [1.165, 1.54) is 0 Å². The molecule has 0 aliphatic carbocycles. The lowest BCUT2D eigenvalue weighted by atomic mass is 9.94. The van der Waals surface area contributed by atoms with Gasteiger partial charge in [-0.15, -0.1) is 0 Å². The summed E-state index contributed by atoms with van der Waals surface area (Å²) in [5.74, 6) is 0.885. The van der Waals surface area contributed by atoms with Gasteiger partial charge in [0.15, 0.2) is 11.5 Å². The lowest BCUT2D eigenvalue weighted by molar-refractivity contribution is -0.109. The summed E-state index contributed by atoms with van der Waals surface area (Å²) in [5, 5.41) is 0. The van der Waals surface area contributed by atoms with Gasteiger partial charge in [0.2, 0.25) is 0 Å². The summed E-state index contributed by atoms with van der Waals surface area (Å²) in [4.78, 5) is 41.4. The normalized spacial score (nSPS) is 18.1. The Bertz CT molecular complexity index is 881. The minimum absolute atomic E-state index is 0.112. The highest BCUT2D eigenvalue weighted by atomic mass is 16.6. The molecule has 1 heterocycles. The van der Waals surface area contributed by atoms with E-state index < -0.39 is 11.7 Å². The highest BCUT2D eigenvalue weighted by Gasteiger charge is 2.38. The van der Waals surface area contributed by atoms with E-state index in [0.29, 0.717) is 56.1 Å². The first-order valence-corrected chi connectivity index (χ1v) is 12.6. The number of piperidine rings is 1. The van der Waals surface area contributed by atoms with Crippen molar-refractivity contribution in [3.63, 3.8) is 0 Å². The maximum absolute atomic E-state index is 13.7. The quantitative estimate of drug-likeness (QED) is 0.326. The third-order valence-electron chi connectivity index (χ3n) is 6.02. The van der Waals surface area contributed by atoms with Crippen molar-refractivity contribution in [1.82, 2.24) is 9.80 Å². The highest BCUT2D eigenvalue weighted by molar-refractivity contribution is 5.95. The van der Waals surface area contributed by atoms with Crippen LogP contribution in [0, 0.1) is 0 Å². The summed E-state index contributed by atoms with van der Waals surface area (Å²) < 4.78 is 22.0. The monoisotopic (exact) mass is 506 g/mol. The Balaban J connectivity index is 2.28. The van der Waals surface area contributed by atoms with E-state index >= 15 is 0 Å². The van der Waals surface area contributed by atoms with Crippen LogP contribution >= 0.6 is 0 Å². The molecule has 0 unspecified atom stereocenters. The first kappa shape index (κ1) is 29.4. The number of carbonyl (C=O) groups excluding carboxylic acids is 3. The molecule has 9 nitrogen and oxygen atoms in total. The third kappa shape index (κ3) is 8.11. The Morgan fingerprint density at radius 1 is 1.14 bits per heavy atom. The molecular weight excluding hydrogens is 464 g/mol. The largest absolute Gasteiger partial charge is 0.493 e. The molecule has 1 aromatic rings. The Labute approximate surface area is 215 Å². The summed E-state index contributed by atoms with van der Waals surface area (Å²) in [6.45, 7) is 10.6. The molecular formula is C27H42N2O7. The van der Waals surface area contributed by atoms with Gasteiger partial charge in [0, 0.05) is 50.8 Å². The van der Waals surface area contributed by atoms with Crippen LogP contribution in [0.5, 0.6) is 11.5 Å². The maximum atomic E-state index is 13.7. The van der Waals surface area contributed by atoms with Crippen molar-refractivity contribution in [3.05, 3.63) is 23.8 Å². The second-order valence-electron chi connectivity index (χ2n) is 10.3. The molecule has 0 radical (unpaired) electrons. The Hall–Kier alpha value is -2.81. The Morgan fingerprint density at radius 2 is 1.86 bits per heavy atom. The van der Waals surface area contributed by atoms with Crippen molar-refractivity contribution in [1.29, 1.82) is 0 Å². The summed E-state index contributed by atoms with van der Waals surface area (Å²) >= 11 is 0. The average molecular weight is 507 g/mol. The Morgan fingerprint density at radius 3 is 2.44 bits per heavy atom. The summed E-state index contributed by atoms with van der Waals surface area (Å²) in [6, 6.07) is 4.58. The van der Waals surface area contributed by atoms with Crippen molar-refractivity contribution in [2.24, 2.45) is 0 Å². The SMILES string of the molecule is COCCCOc1cc(C(=O)N(C(C)C)[C@@H]2CC[C@H](CC=O)N(C(=O)OC(C)(C)C)C2)ccc1OC. The van der Waals surface area contributed by atoms with Crippen LogP contribution in [0.1, 0.15) is 70.7 Å². The van der Waals surface area contributed by atoms with Gasteiger partial charge in [0.1, 0.15) is 11.9 Å². The lowest BCUT2D eigenvalue weighted by Crippen LogP contribution is -2.57. The number of hydrogen-bond donors (Lipinski definition) is 0. The second-order valence-corrected chi connectivity index (χ2v) is 10.3. The van der Waals surface area contributed by atoms with Gasteiger partial charge in [-0.1, -0.05) is 0 Å². The van der Waals surface area contributed by atoms with E-state index in [1.54, 1.807) is 37.3 Å². The van der Waals surface area contributed by atoms with Gasteiger partial charge in [0.25, 0.3) is 5.91 Å². The molecule has 1 aromatic carbocycles. The predicted molar refractivity (Wildman–Crippen MR) is 137 cm³/mol. The van der Waals surface area contributed by atoms with Crippen LogP contribution in [0.2, 0.25) is 0 Å². The minimum atomic E-state index is -0.661. The third-order valence-corrected chi connectivity index (χ3v) is 6.02. The topological polar surface area (TPSA) is 94.6 Å². The van der Waals surface area contributed by atoms with E-state index in [0.717, 1.165) is 6.29 Å². The molecule has 202 valence electrons. The van der Waals surface area contributed by atoms with Crippen molar-refractivity contribution in [3.8, 4) is 11.5 Å². The van der Waals surface area contributed by atoms with Gasteiger partial charge < -0.3 is 33.5 Å². The van der Waals surface area contributed by atoms with Crippen LogP contribution in [0.25, 0.3) is 0 Å². The average Bonchev–Trinajstić information content (AvgIpc) is 2.81. The van der Waals surface area contributed by atoms with Crippen molar-refractivity contribution in [2.45, 2.75) is 84.0 Å². The first-order chi connectivity index (χ1) is 17.0. The first-order valence-electron chi connectivity index (χ1n) is 12.6. The molecule has 36 heavy (non-hydrogen) atoms. The molecule has 1 aliphatic heterocycles. The molecule has 1 fully saturated rings. The second kappa shape index (κ2) is 13.5. The molecule has 0 spiro atoms. The van der Waals surface area contributed by atoms with Crippen LogP contribution in [-0.2, 0) is 14.3 Å². The van der Waals surface area contributed by atoms with Crippen molar-refractivity contribution >= 4 is 18.3 Å². The number of rotatable bonds is 11.